The highest BCUT2D eigenvalue weighted by Gasteiger charge is 2.29. The van der Waals surface area contributed by atoms with E-state index < -0.39 is 6.04 Å². The molecule has 0 bridgehead atoms. The van der Waals surface area contributed by atoms with E-state index in [9.17, 15) is 9.18 Å². The van der Waals surface area contributed by atoms with E-state index in [0.29, 0.717) is 18.2 Å². The average molecular weight is 331 g/mol. The molecule has 1 aromatic heterocycles. The number of carbonyl (C=O) groups is 1. The van der Waals surface area contributed by atoms with Crippen LogP contribution in [0.15, 0.2) is 24.3 Å². The van der Waals surface area contributed by atoms with Gasteiger partial charge in [-0.05, 0) is 53.8 Å². The SMILES string of the molecule is Cc1nnnn1C(Cc1cccc(F)c1)C(=O)N(C)CC1CCC1. The Kier molecular flexibility index (Phi) is 4.87. The van der Waals surface area contributed by atoms with Gasteiger partial charge in [-0.25, -0.2) is 9.07 Å². The summed E-state index contributed by atoms with van der Waals surface area (Å²) in [5.41, 5.74) is 0.750. The largest absolute Gasteiger partial charge is 0.344 e. The molecule has 6 nitrogen and oxygen atoms in total. The van der Waals surface area contributed by atoms with Crippen molar-refractivity contribution < 1.29 is 9.18 Å². The van der Waals surface area contributed by atoms with Gasteiger partial charge in [-0.3, -0.25) is 4.79 Å². The number of rotatable bonds is 6. The van der Waals surface area contributed by atoms with Crippen molar-refractivity contribution >= 4 is 5.91 Å². The summed E-state index contributed by atoms with van der Waals surface area (Å²) in [5, 5.41) is 11.5. The van der Waals surface area contributed by atoms with Crippen LogP contribution in [0.3, 0.4) is 0 Å². The molecule has 1 aromatic carbocycles. The maximum absolute atomic E-state index is 13.5. The average Bonchev–Trinajstić information content (AvgIpc) is 2.93. The van der Waals surface area contributed by atoms with Crippen molar-refractivity contribution in [1.82, 2.24) is 25.1 Å². The minimum atomic E-state index is -0.563. The Hall–Kier alpha value is -2.31. The molecule has 1 saturated carbocycles. The van der Waals surface area contributed by atoms with Gasteiger partial charge in [0.1, 0.15) is 17.7 Å². The van der Waals surface area contributed by atoms with E-state index in [1.54, 1.807) is 17.9 Å². The molecule has 0 radical (unpaired) electrons. The molecule has 1 unspecified atom stereocenters. The molecule has 1 atom stereocenters. The van der Waals surface area contributed by atoms with Crippen molar-refractivity contribution in [3.05, 3.63) is 41.5 Å². The quantitative estimate of drug-likeness (QED) is 0.814. The van der Waals surface area contributed by atoms with Gasteiger partial charge in [0.2, 0.25) is 5.91 Å². The third-order valence-corrected chi connectivity index (χ3v) is 4.69. The lowest BCUT2D eigenvalue weighted by Crippen LogP contribution is -2.40. The van der Waals surface area contributed by atoms with Crippen LogP contribution in [0.4, 0.5) is 4.39 Å². The number of nitrogens with zero attached hydrogens (tertiary/aromatic N) is 5. The van der Waals surface area contributed by atoms with Gasteiger partial charge in [0, 0.05) is 20.0 Å². The molecule has 0 saturated heterocycles. The Morgan fingerprint density at radius 2 is 2.25 bits per heavy atom. The monoisotopic (exact) mass is 331 g/mol. The van der Waals surface area contributed by atoms with Gasteiger partial charge in [-0.2, -0.15) is 0 Å². The van der Waals surface area contributed by atoms with Gasteiger partial charge in [0.25, 0.3) is 0 Å². The maximum Gasteiger partial charge on any atom is 0.247 e. The number of hydrogen-bond donors (Lipinski definition) is 0. The molecule has 1 aliphatic carbocycles. The van der Waals surface area contributed by atoms with E-state index in [4.69, 9.17) is 0 Å². The van der Waals surface area contributed by atoms with Crippen LogP contribution in [-0.2, 0) is 11.2 Å². The summed E-state index contributed by atoms with van der Waals surface area (Å²) >= 11 is 0. The first-order chi connectivity index (χ1) is 11.5. The highest BCUT2D eigenvalue weighted by molar-refractivity contribution is 5.80. The van der Waals surface area contributed by atoms with E-state index in [0.717, 1.165) is 12.1 Å². The molecule has 128 valence electrons. The molecular weight excluding hydrogens is 309 g/mol. The normalized spacial score (nSPS) is 15.8. The van der Waals surface area contributed by atoms with Gasteiger partial charge in [-0.15, -0.1) is 5.10 Å². The zero-order chi connectivity index (χ0) is 17.1. The van der Waals surface area contributed by atoms with Crippen LogP contribution in [0, 0.1) is 18.7 Å². The van der Waals surface area contributed by atoms with Crippen molar-refractivity contribution in [3.63, 3.8) is 0 Å². The van der Waals surface area contributed by atoms with Crippen molar-refractivity contribution in [1.29, 1.82) is 0 Å². The standard InChI is InChI=1S/C17H22FN5O/c1-12-19-20-21-23(12)16(10-14-7-4-8-15(18)9-14)17(24)22(2)11-13-5-3-6-13/h4,7-9,13,16H,3,5-6,10-11H2,1-2H3. The van der Waals surface area contributed by atoms with Crippen LogP contribution in [0.5, 0.6) is 0 Å². The van der Waals surface area contributed by atoms with Crippen molar-refractivity contribution in [3.8, 4) is 0 Å². The molecule has 0 aliphatic heterocycles. The van der Waals surface area contributed by atoms with Crippen LogP contribution < -0.4 is 0 Å². The molecule has 2 aromatic rings. The first kappa shape index (κ1) is 16.5. The Balaban J connectivity index is 1.81. The second-order valence-corrected chi connectivity index (χ2v) is 6.54. The van der Waals surface area contributed by atoms with Crippen LogP contribution in [0.2, 0.25) is 0 Å². The highest BCUT2D eigenvalue weighted by Crippen LogP contribution is 2.28. The number of likely N-dealkylation sites (N-methyl/N-ethyl adjacent to an activating group) is 1. The molecule has 0 N–H and O–H groups in total. The predicted octanol–water partition coefficient (Wildman–Crippen LogP) is 2.16. The first-order valence-electron chi connectivity index (χ1n) is 8.28. The summed E-state index contributed by atoms with van der Waals surface area (Å²) in [6, 6.07) is 5.75. The third kappa shape index (κ3) is 3.60. The molecule has 0 spiro atoms. The molecular formula is C17H22FN5O. The second-order valence-electron chi connectivity index (χ2n) is 6.54. The van der Waals surface area contributed by atoms with Crippen LogP contribution in [0.1, 0.15) is 36.7 Å². The van der Waals surface area contributed by atoms with Gasteiger partial charge in [0.05, 0.1) is 0 Å². The van der Waals surface area contributed by atoms with Gasteiger partial charge in [-0.1, -0.05) is 18.6 Å². The lowest BCUT2D eigenvalue weighted by atomic mass is 9.85. The zero-order valence-electron chi connectivity index (χ0n) is 14.0. The number of carbonyl (C=O) groups excluding carboxylic acids is 1. The van der Waals surface area contributed by atoms with Gasteiger partial charge >= 0.3 is 0 Å². The molecule has 24 heavy (non-hydrogen) atoms. The fourth-order valence-corrected chi connectivity index (χ4v) is 3.10. The van der Waals surface area contributed by atoms with Crippen LogP contribution in [-0.4, -0.2) is 44.6 Å². The third-order valence-electron chi connectivity index (χ3n) is 4.69. The number of aryl methyl sites for hydroxylation is 1. The fourth-order valence-electron chi connectivity index (χ4n) is 3.10. The summed E-state index contributed by atoms with van der Waals surface area (Å²) in [4.78, 5) is 14.7. The summed E-state index contributed by atoms with van der Waals surface area (Å²) in [6.45, 7) is 2.51. The van der Waals surface area contributed by atoms with Crippen LogP contribution in [0.25, 0.3) is 0 Å². The smallest absolute Gasteiger partial charge is 0.247 e. The summed E-state index contributed by atoms with van der Waals surface area (Å²) in [7, 11) is 1.82. The molecule has 7 heteroatoms. The van der Waals surface area contributed by atoms with E-state index in [1.807, 2.05) is 13.1 Å². The molecule has 1 heterocycles. The Labute approximate surface area is 140 Å². The lowest BCUT2D eigenvalue weighted by molar-refractivity contribution is -0.134. The lowest BCUT2D eigenvalue weighted by Gasteiger charge is -2.32. The fraction of sp³-hybridized carbons (Fsp3) is 0.529. The molecule has 1 fully saturated rings. The van der Waals surface area contributed by atoms with Gasteiger partial charge in [0.15, 0.2) is 0 Å². The van der Waals surface area contributed by atoms with Crippen molar-refractivity contribution in [2.75, 3.05) is 13.6 Å². The second kappa shape index (κ2) is 7.07. The topological polar surface area (TPSA) is 63.9 Å². The maximum atomic E-state index is 13.5. The zero-order valence-corrected chi connectivity index (χ0v) is 14.0. The summed E-state index contributed by atoms with van der Waals surface area (Å²) in [5.74, 6) is 0.807. The summed E-state index contributed by atoms with van der Waals surface area (Å²) in [6.07, 6.45) is 3.95. The summed E-state index contributed by atoms with van der Waals surface area (Å²) < 4.78 is 15.0. The number of aromatic nitrogens is 4. The number of tetrazole rings is 1. The van der Waals surface area contributed by atoms with E-state index >= 15 is 0 Å². The molecule has 3 rings (SSSR count). The first-order valence-corrected chi connectivity index (χ1v) is 8.28. The minimum Gasteiger partial charge on any atom is -0.344 e. The van der Waals surface area contributed by atoms with E-state index in [-0.39, 0.29) is 11.7 Å². The predicted molar refractivity (Wildman–Crippen MR) is 86.7 cm³/mol. The Morgan fingerprint density at radius 3 is 2.83 bits per heavy atom. The van der Waals surface area contributed by atoms with Crippen molar-refractivity contribution in [2.45, 2.75) is 38.6 Å². The Bertz CT molecular complexity index is 713. The number of halogens is 1. The molecule has 1 amide bonds. The van der Waals surface area contributed by atoms with E-state index in [2.05, 4.69) is 15.5 Å². The number of benzene rings is 1. The number of amides is 1. The number of hydrogen-bond acceptors (Lipinski definition) is 4. The Morgan fingerprint density at radius 1 is 1.46 bits per heavy atom. The van der Waals surface area contributed by atoms with Gasteiger partial charge < -0.3 is 4.90 Å². The van der Waals surface area contributed by atoms with E-state index in [1.165, 1.54) is 36.1 Å². The highest BCUT2D eigenvalue weighted by atomic mass is 19.1. The van der Waals surface area contributed by atoms with Crippen LogP contribution >= 0.6 is 0 Å². The minimum absolute atomic E-state index is 0.0402. The molecule has 1 aliphatic rings. The van der Waals surface area contributed by atoms with Crippen molar-refractivity contribution in [2.24, 2.45) is 5.92 Å².